The van der Waals surface area contributed by atoms with Crippen molar-refractivity contribution in [2.45, 2.75) is 13.0 Å². The molecule has 82 valence electrons. The minimum atomic E-state index is 0.334. The molecule has 0 atom stereocenters. The summed E-state index contributed by atoms with van der Waals surface area (Å²) in [5.41, 5.74) is 1.25. The predicted octanol–water partition coefficient (Wildman–Crippen LogP) is 1.85. The average molecular weight is 216 g/mol. The van der Waals surface area contributed by atoms with Crippen LogP contribution in [0.1, 0.15) is 5.56 Å². The third-order valence-corrected chi connectivity index (χ3v) is 2.65. The second-order valence-corrected chi connectivity index (χ2v) is 3.74. The standard InChI is InChI=1S/C12H12N2O2/c1-2-11-12(16-9-15-11)7-10(1)3-5-14-6-4-13-8-14/h1-2,4,6-8H,3,5,9H2. The lowest BCUT2D eigenvalue weighted by Gasteiger charge is -2.03. The molecule has 16 heavy (non-hydrogen) atoms. The van der Waals surface area contributed by atoms with Crippen molar-refractivity contribution in [1.29, 1.82) is 0 Å². The van der Waals surface area contributed by atoms with E-state index in [-0.39, 0.29) is 0 Å². The molecule has 4 heteroatoms. The Morgan fingerprint density at radius 3 is 3.06 bits per heavy atom. The highest BCUT2D eigenvalue weighted by Crippen LogP contribution is 2.32. The van der Waals surface area contributed by atoms with Crippen LogP contribution in [-0.4, -0.2) is 16.3 Å². The number of hydrogen-bond acceptors (Lipinski definition) is 3. The van der Waals surface area contributed by atoms with Gasteiger partial charge >= 0.3 is 0 Å². The largest absolute Gasteiger partial charge is 0.454 e. The Labute approximate surface area is 93.4 Å². The lowest BCUT2D eigenvalue weighted by Crippen LogP contribution is -1.98. The smallest absolute Gasteiger partial charge is 0.231 e. The fraction of sp³-hybridized carbons (Fsp3) is 0.250. The fourth-order valence-electron chi connectivity index (χ4n) is 1.77. The molecule has 0 fully saturated rings. The van der Waals surface area contributed by atoms with E-state index in [0.717, 1.165) is 24.5 Å². The summed E-state index contributed by atoms with van der Waals surface area (Å²) < 4.78 is 12.7. The lowest BCUT2D eigenvalue weighted by molar-refractivity contribution is 0.174. The normalized spacial score (nSPS) is 13.0. The van der Waals surface area contributed by atoms with Crippen molar-refractivity contribution < 1.29 is 9.47 Å². The van der Waals surface area contributed by atoms with Crippen LogP contribution >= 0.6 is 0 Å². The van der Waals surface area contributed by atoms with Crippen molar-refractivity contribution in [3.05, 3.63) is 42.5 Å². The number of imidazole rings is 1. The van der Waals surface area contributed by atoms with Crippen LogP contribution in [-0.2, 0) is 13.0 Å². The van der Waals surface area contributed by atoms with Gasteiger partial charge in [0.05, 0.1) is 6.33 Å². The number of aryl methyl sites for hydroxylation is 2. The molecule has 0 spiro atoms. The van der Waals surface area contributed by atoms with E-state index in [1.54, 1.807) is 6.20 Å². The van der Waals surface area contributed by atoms with E-state index >= 15 is 0 Å². The van der Waals surface area contributed by atoms with Gasteiger partial charge in [0.25, 0.3) is 0 Å². The summed E-state index contributed by atoms with van der Waals surface area (Å²) in [6.45, 7) is 1.26. The quantitative estimate of drug-likeness (QED) is 0.785. The van der Waals surface area contributed by atoms with Crippen LogP contribution < -0.4 is 9.47 Å². The number of fused-ring (bicyclic) bond motifs is 1. The van der Waals surface area contributed by atoms with Gasteiger partial charge in [-0.25, -0.2) is 4.98 Å². The molecule has 2 aromatic rings. The van der Waals surface area contributed by atoms with E-state index < -0.39 is 0 Å². The van der Waals surface area contributed by atoms with Crippen LogP contribution in [0.2, 0.25) is 0 Å². The molecule has 3 rings (SSSR count). The van der Waals surface area contributed by atoms with Crippen LogP contribution in [0.15, 0.2) is 36.9 Å². The van der Waals surface area contributed by atoms with Crippen molar-refractivity contribution in [3.63, 3.8) is 0 Å². The second kappa shape index (κ2) is 3.89. The molecule has 1 aliphatic rings. The summed E-state index contributed by atoms with van der Waals surface area (Å²) in [4.78, 5) is 4.01. The van der Waals surface area contributed by atoms with Crippen LogP contribution in [0, 0.1) is 0 Å². The minimum Gasteiger partial charge on any atom is -0.454 e. The van der Waals surface area contributed by atoms with Gasteiger partial charge in [-0.15, -0.1) is 0 Å². The Morgan fingerprint density at radius 1 is 1.25 bits per heavy atom. The van der Waals surface area contributed by atoms with Crippen molar-refractivity contribution in [2.75, 3.05) is 6.79 Å². The number of nitrogens with zero attached hydrogens (tertiary/aromatic N) is 2. The summed E-state index contributed by atoms with van der Waals surface area (Å²) >= 11 is 0. The van der Waals surface area contributed by atoms with Crippen LogP contribution in [0.4, 0.5) is 0 Å². The summed E-state index contributed by atoms with van der Waals surface area (Å²) in [5.74, 6) is 1.69. The van der Waals surface area contributed by atoms with Gasteiger partial charge < -0.3 is 14.0 Å². The Morgan fingerprint density at radius 2 is 2.19 bits per heavy atom. The zero-order valence-electron chi connectivity index (χ0n) is 8.80. The molecule has 1 aromatic carbocycles. The first-order chi connectivity index (χ1) is 7.92. The topological polar surface area (TPSA) is 36.3 Å². The molecule has 0 unspecified atom stereocenters. The Hall–Kier alpha value is -1.97. The third-order valence-electron chi connectivity index (χ3n) is 2.65. The van der Waals surface area contributed by atoms with Gasteiger partial charge in [0, 0.05) is 18.9 Å². The van der Waals surface area contributed by atoms with E-state index in [1.807, 2.05) is 24.7 Å². The Kier molecular flexibility index (Phi) is 2.25. The van der Waals surface area contributed by atoms with Crippen molar-refractivity contribution in [1.82, 2.24) is 9.55 Å². The van der Waals surface area contributed by atoms with E-state index in [0.29, 0.717) is 6.79 Å². The van der Waals surface area contributed by atoms with E-state index in [1.165, 1.54) is 5.56 Å². The SMILES string of the molecule is c1cn(CCc2ccc3c(c2)OCO3)cn1. The predicted molar refractivity (Wildman–Crippen MR) is 58.5 cm³/mol. The highest BCUT2D eigenvalue weighted by Gasteiger charge is 2.12. The van der Waals surface area contributed by atoms with Gasteiger partial charge in [0.1, 0.15) is 0 Å². The molecule has 0 aliphatic carbocycles. The molecule has 0 amide bonds. The summed E-state index contributed by atoms with van der Waals surface area (Å²) in [7, 11) is 0. The molecule has 0 saturated carbocycles. The molecule has 4 nitrogen and oxygen atoms in total. The first-order valence-corrected chi connectivity index (χ1v) is 5.26. The Balaban J connectivity index is 1.71. The third kappa shape index (κ3) is 1.74. The number of aromatic nitrogens is 2. The molecule has 2 heterocycles. The van der Waals surface area contributed by atoms with Crippen molar-refractivity contribution in [3.8, 4) is 11.5 Å². The van der Waals surface area contributed by atoms with Gasteiger partial charge in [-0.05, 0) is 24.1 Å². The van der Waals surface area contributed by atoms with Gasteiger partial charge in [-0.3, -0.25) is 0 Å². The molecule has 0 radical (unpaired) electrons. The zero-order chi connectivity index (χ0) is 10.8. The monoisotopic (exact) mass is 216 g/mol. The Bertz CT molecular complexity index is 480. The second-order valence-electron chi connectivity index (χ2n) is 3.74. The average Bonchev–Trinajstić information content (AvgIpc) is 2.97. The van der Waals surface area contributed by atoms with Gasteiger partial charge in [-0.2, -0.15) is 0 Å². The summed E-state index contributed by atoms with van der Waals surface area (Å²) in [6, 6.07) is 6.08. The molecule has 1 aromatic heterocycles. The van der Waals surface area contributed by atoms with Gasteiger partial charge in [0.2, 0.25) is 6.79 Å². The van der Waals surface area contributed by atoms with Gasteiger partial charge in [0.15, 0.2) is 11.5 Å². The fourth-order valence-corrected chi connectivity index (χ4v) is 1.77. The van der Waals surface area contributed by atoms with Gasteiger partial charge in [-0.1, -0.05) is 6.07 Å². The van der Waals surface area contributed by atoms with E-state index in [4.69, 9.17) is 9.47 Å². The number of rotatable bonds is 3. The first kappa shape index (κ1) is 9.27. The number of hydrogen-bond donors (Lipinski definition) is 0. The van der Waals surface area contributed by atoms with E-state index in [2.05, 4.69) is 15.6 Å². The van der Waals surface area contributed by atoms with Crippen molar-refractivity contribution in [2.24, 2.45) is 0 Å². The van der Waals surface area contributed by atoms with Crippen LogP contribution in [0.5, 0.6) is 11.5 Å². The molecule has 0 bridgehead atoms. The summed E-state index contributed by atoms with van der Waals surface area (Å²) in [6.07, 6.45) is 6.55. The maximum absolute atomic E-state index is 5.33. The van der Waals surface area contributed by atoms with Crippen LogP contribution in [0.3, 0.4) is 0 Å². The first-order valence-electron chi connectivity index (χ1n) is 5.26. The minimum absolute atomic E-state index is 0.334. The molecule has 0 N–H and O–H groups in total. The summed E-state index contributed by atoms with van der Waals surface area (Å²) in [5, 5.41) is 0. The molecular formula is C12H12N2O2. The lowest BCUT2D eigenvalue weighted by atomic mass is 10.1. The van der Waals surface area contributed by atoms with Crippen LogP contribution in [0.25, 0.3) is 0 Å². The van der Waals surface area contributed by atoms with E-state index in [9.17, 15) is 0 Å². The zero-order valence-corrected chi connectivity index (χ0v) is 8.80. The number of ether oxygens (including phenoxy) is 2. The highest BCUT2D eigenvalue weighted by molar-refractivity contribution is 5.44. The highest BCUT2D eigenvalue weighted by atomic mass is 16.7. The molecular weight excluding hydrogens is 204 g/mol. The van der Waals surface area contributed by atoms with Crippen molar-refractivity contribution >= 4 is 0 Å². The molecule has 0 saturated heterocycles. The maximum atomic E-state index is 5.33. The molecule has 1 aliphatic heterocycles. The maximum Gasteiger partial charge on any atom is 0.231 e. The number of benzene rings is 1.